The minimum absolute atomic E-state index is 0.288. The number of anilines is 1. The molecule has 0 atom stereocenters. The standard InChI is InChI=1S/C13H14N6O2/c1-3-21-13-8(4-7(14)5-15-13)11-16-9-6-19(2)18-10(9)12(20)17-11/h4-6H,3,14H2,1-2H3,(H,16,17,20). The molecule has 0 amide bonds. The molecule has 3 rings (SSSR count). The average Bonchev–Trinajstić information content (AvgIpc) is 2.82. The molecule has 0 unspecified atom stereocenters. The van der Waals surface area contributed by atoms with Crippen LogP contribution in [-0.4, -0.2) is 31.3 Å². The fourth-order valence-corrected chi connectivity index (χ4v) is 2.05. The summed E-state index contributed by atoms with van der Waals surface area (Å²) in [7, 11) is 1.73. The molecule has 0 aliphatic rings. The van der Waals surface area contributed by atoms with Gasteiger partial charge in [0, 0.05) is 7.05 Å². The summed E-state index contributed by atoms with van der Waals surface area (Å²) in [5.74, 6) is 0.724. The van der Waals surface area contributed by atoms with Crippen LogP contribution >= 0.6 is 0 Å². The molecule has 0 bridgehead atoms. The number of fused-ring (bicyclic) bond motifs is 1. The molecule has 3 heterocycles. The van der Waals surface area contributed by atoms with Gasteiger partial charge in [-0.05, 0) is 13.0 Å². The number of pyridine rings is 1. The Morgan fingerprint density at radius 3 is 3.05 bits per heavy atom. The molecule has 3 aromatic rings. The van der Waals surface area contributed by atoms with Gasteiger partial charge in [-0.25, -0.2) is 9.97 Å². The van der Waals surface area contributed by atoms with Crippen LogP contribution in [0.4, 0.5) is 5.69 Å². The van der Waals surface area contributed by atoms with Crippen LogP contribution in [0.5, 0.6) is 5.88 Å². The van der Waals surface area contributed by atoms with Crippen molar-refractivity contribution in [3.05, 3.63) is 28.8 Å². The zero-order chi connectivity index (χ0) is 15.0. The van der Waals surface area contributed by atoms with E-state index in [2.05, 4.69) is 20.1 Å². The number of aromatic nitrogens is 5. The second kappa shape index (κ2) is 4.89. The molecule has 3 aromatic heterocycles. The Morgan fingerprint density at radius 1 is 1.48 bits per heavy atom. The summed E-state index contributed by atoms with van der Waals surface area (Å²) in [6, 6.07) is 1.67. The van der Waals surface area contributed by atoms with Crippen molar-refractivity contribution in [3.8, 4) is 17.3 Å². The SMILES string of the molecule is CCOc1ncc(N)cc1-c1nc2cn(C)nc2c(=O)[nH]1. The van der Waals surface area contributed by atoms with Crippen LogP contribution in [0.15, 0.2) is 23.3 Å². The van der Waals surface area contributed by atoms with Crippen molar-refractivity contribution in [3.63, 3.8) is 0 Å². The van der Waals surface area contributed by atoms with Gasteiger partial charge in [-0.1, -0.05) is 0 Å². The molecule has 0 saturated carbocycles. The largest absolute Gasteiger partial charge is 0.477 e. The van der Waals surface area contributed by atoms with Gasteiger partial charge in [-0.3, -0.25) is 9.48 Å². The Balaban J connectivity index is 2.24. The van der Waals surface area contributed by atoms with Gasteiger partial charge in [0.15, 0.2) is 5.52 Å². The number of nitrogens with two attached hydrogens (primary N) is 1. The number of nitrogens with zero attached hydrogens (tertiary/aromatic N) is 4. The molecule has 0 aromatic carbocycles. The summed E-state index contributed by atoms with van der Waals surface area (Å²) in [6.45, 7) is 2.30. The normalized spacial score (nSPS) is 11.0. The fourth-order valence-electron chi connectivity index (χ4n) is 2.05. The first-order chi connectivity index (χ1) is 10.1. The van der Waals surface area contributed by atoms with Crippen molar-refractivity contribution in [1.82, 2.24) is 24.7 Å². The van der Waals surface area contributed by atoms with E-state index in [1.807, 2.05) is 6.92 Å². The van der Waals surface area contributed by atoms with Crippen LogP contribution in [0.25, 0.3) is 22.4 Å². The van der Waals surface area contributed by atoms with Gasteiger partial charge in [0.1, 0.15) is 11.3 Å². The van der Waals surface area contributed by atoms with E-state index < -0.39 is 0 Å². The first-order valence-electron chi connectivity index (χ1n) is 6.41. The number of rotatable bonds is 3. The number of aryl methyl sites for hydroxylation is 1. The van der Waals surface area contributed by atoms with E-state index in [1.54, 1.807) is 19.3 Å². The molecule has 3 N–H and O–H groups in total. The van der Waals surface area contributed by atoms with Crippen molar-refractivity contribution >= 4 is 16.7 Å². The van der Waals surface area contributed by atoms with Crippen LogP contribution in [0.3, 0.4) is 0 Å². The lowest BCUT2D eigenvalue weighted by molar-refractivity contribution is 0.328. The lowest BCUT2D eigenvalue weighted by atomic mass is 10.2. The van der Waals surface area contributed by atoms with Crippen molar-refractivity contribution in [2.24, 2.45) is 7.05 Å². The van der Waals surface area contributed by atoms with E-state index in [4.69, 9.17) is 10.5 Å². The van der Waals surface area contributed by atoms with Crippen LogP contribution in [0.2, 0.25) is 0 Å². The Kier molecular flexibility index (Phi) is 3.05. The highest BCUT2D eigenvalue weighted by Gasteiger charge is 2.14. The summed E-state index contributed by atoms with van der Waals surface area (Å²) < 4.78 is 6.99. The second-order valence-electron chi connectivity index (χ2n) is 4.51. The number of nitrogen functional groups attached to an aromatic ring is 1. The number of aromatic amines is 1. The topological polar surface area (TPSA) is 112 Å². The third-order valence-corrected chi connectivity index (χ3v) is 2.90. The van der Waals surface area contributed by atoms with E-state index in [0.29, 0.717) is 35.1 Å². The van der Waals surface area contributed by atoms with E-state index in [9.17, 15) is 4.79 Å². The smallest absolute Gasteiger partial charge is 0.279 e. The molecule has 0 radical (unpaired) electrons. The Bertz CT molecular complexity index is 867. The van der Waals surface area contributed by atoms with Gasteiger partial charge in [-0.15, -0.1) is 0 Å². The predicted molar refractivity (Wildman–Crippen MR) is 77.9 cm³/mol. The summed E-state index contributed by atoms with van der Waals surface area (Å²) in [5, 5.41) is 4.06. The molecule has 0 spiro atoms. The van der Waals surface area contributed by atoms with Gasteiger partial charge < -0.3 is 15.5 Å². The molecule has 108 valence electrons. The average molecular weight is 286 g/mol. The van der Waals surface area contributed by atoms with Gasteiger partial charge in [0.05, 0.1) is 30.3 Å². The summed E-state index contributed by atoms with van der Waals surface area (Å²) >= 11 is 0. The fraction of sp³-hybridized carbons (Fsp3) is 0.231. The first-order valence-corrected chi connectivity index (χ1v) is 6.41. The molecule has 0 aliphatic carbocycles. The van der Waals surface area contributed by atoms with E-state index in [1.165, 1.54) is 10.9 Å². The Morgan fingerprint density at radius 2 is 2.29 bits per heavy atom. The van der Waals surface area contributed by atoms with Gasteiger partial charge in [0.2, 0.25) is 5.88 Å². The molecule has 8 heteroatoms. The summed E-state index contributed by atoms with van der Waals surface area (Å²) in [4.78, 5) is 23.3. The maximum absolute atomic E-state index is 12.1. The maximum Gasteiger partial charge on any atom is 0.279 e. The summed E-state index contributed by atoms with van der Waals surface area (Å²) in [6.07, 6.45) is 3.17. The molecule has 0 aliphatic heterocycles. The zero-order valence-electron chi connectivity index (χ0n) is 11.6. The second-order valence-corrected chi connectivity index (χ2v) is 4.51. The predicted octanol–water partition coefficient (Wildman–Crippen LogP) is 0.699. The molecule has 0 saturated heterocycles. The third-order valence-electron chi connectivity index (χ3n) is 2.90. The Labute approximate surface area is 119 Å². The van der Waals surface area contributed by atoms with Gasteiger partial charge in [0.25, 0.3) is 5.56 Å². The van der Waals surface area contributed by atoms with Crippen LogP contribution in [-0.2, 0) is 7.05 Å². The number of hydrogen-bond donors (Lipinski definition) is 2. The van der Waals surface area contributed by atoms with Gasteiger partial charge >= 0.3 is 0 Å². The van der Waals surface area contributed by atoms with Crippen molar-refractivity contribution in [1.29, 1.82) is 0 Å². The van der Waals surface area contributed by atoms with E-state index >= 15 is 0 Å². The summed E-state index contributed by atoms with van der Waals surface area (Å²) in [5.41, 5.74) is 7.23. The van der Waals surface area contributed by atoms with E-state index in [-0.39, 0.29) is 11.1 Å². The highest BCUT2D eigenvalue weighted by molar-refractivity contribution is 5.76. The zero-order valence-corrected chi connectivity index (χ0v) is 11.6. The minimum atomic E-state index is -0.319. The molecule has 0 fully saturated rings. The maximum atomic E-state index is 12.1. The Hall–Kier alpha value is -2.90. The van der Waals surface area contributed by atoms with Crippen LogP contribution in [0, 0.1) is 0 Å². The molecular formula is C13H14N6O2. The first kappa shape index (κ1) is 13.1. The number of nitrogens with one attached hydrogen (secondary N) is 1. The minimum Gasteiger partial charge on any atom is -0.477 e. The van der Waals surface area contributed by atoms with Crippen LogP contribution < -0.4 is 16.0 Å². The third kappa shape index (κ3) is 2.31. The highest BCUT2D eigenvalue weighted by atomic mass is 16.5. The lowest BCUT2D eigenvalue weighted by Gasteiger charge is -2.08. The molecule has 8 nitrogen and oxygen atoms in total. The quantitative estimate of drug-likeness (QED) is 0.733. The van der Waals surface area contributed by atoms with Crippen molar-refractivity contribution in [2.75, 3.05) is 12.3 Å². The van der Waals surface area contributed by atoms with Crippen molar-refractivity contribution < 1.29 is 4.74 Å². The van der Waals surface area contributed by atoms with Crippen molar-refractivity contribution in [2.45, 2.75) is 6.92 Å². The number of H-pyrrole nitrogens is 1. The number of ether oxygens (including phenoxy) is 1. The van der Waals surface area contributed by atoms with Crippen LogP contribution in [0.1, 0.15) is 6.92 Å². The lowest BCUT2D eigenvalue weighted by Crippen LogP contribution is -2.10. The molecule has 21 heavy (non-hydrogen) atoms. The highest BCUT2D eigenvalue weighted by Crippen LogP contribution is 2.27. The molecular weight excluding hydrogens is 272 g/mol. The van der Waals surface area contributed by atoms with E-state index in [0.717, 1.165) is 0 Å². The monoisotopic (exact) mass is 286 g/mol. The van der Waals surface area contributed by atoms with Gasteiger partial charge in [-0.2, -0.15) is 5.10 Å². The number of hydrogen-bond acceptors (Lipinski definition) is 6.